The topological polar surface area (TPSA) is 141 Å². The molecule has 3 rings (SSSR count). The van der Waals surface area contributed by atoms with Gasteiger partial charge >= 0.3 is 0 Å². The number of nitro groups is 1. The average Bonchev–Trinajstić information content (AvgIpc) is 3.19. The number of thioether (sulfide) groups is 1. The van der Waals surface area contributed by atoms with E-state index >= 15 is 0 Å². The van der Waals surface area contributed by atoms with Gasteiger partial charge in [0, 0.05) is 24.4 Å². The summed E-state index contributed by atoms with van der Waals surface area (Å²) in [6, 6.07) is 11.4. The molecule has 2 amide bonds. The third-order valence-corrected chi connectivity index (χ3v) is 6.20. The van der Waals surface area contributed by atoms with Gasteiger partial charge in [-0.15, -0.1) is 10.2 Å². The fourth-order valence-electron chi connectivity index (χ4n) is 3.33. The summed E-state index contributed by atoms with van der Waals surface area (Å²) in [6.45, 7) is 3.44. The lowest BCUT2D eigenvalue weighted by molar-refractivity contribution is -0.385. The molecule has 12 heteroatoms. The molecule has 0 aliphatic carbocycles. The summed E-state index contributed by atoms with van der Waals surface area (Å²) in [5.74, 6) is 0.807. The van der Waals surface area contributed by atoms with Crippen LogP contribution in [0.25, 0.3) is 0 Å². The van der Waals surface area contributed by atoms with Crippen molar-refractivity contribution in [1.82, 2.24) is 20.1 Å². The SMILES string of the molecule is COc1ccc(CC(=O)NC(C)c2nnc(SCC(=O)Nc3ccc(C)c([N+](=O)[O-])c3)n2C)cc1. The molecule has 1 aromatic heterocycles. The number of carbonyl (C=O) groups is 2. The first-order valence-corrected chi connectivity index (χ1v) is 11.7. The number of aromatic nitrogens is 3. The van der Waals surface area contributed by atoms with Crippen LogP contribution in [0.1, 0.15) is 29.9 Å². The van der Waals surface area contributed by atoms with E-state index in [4.69, 9.17) is 4.74 Å². The van der Waals surface area contributed by atoms with Crippen LogP contribution in [-0.2, 0) is 23.1 Å². The molecule has 1 atom stereocenters. The molecular formula is C23H26N6O5S. The Balaban J connectivity index is 1.54. The van der Waals surface area contributed by atoms with E-state index in [1.54, 1.807) is 56.8 Å². The normalized spacial score (nSPS) is 11.5. The van der Waals surface area contributed by atoms with Crippen molar-refractivity contribution in [3.63, 3.8) is 0 Å². The maximum absolute atomic E-state index is 12.4. The fraction of sp³-hybridized carbons (Fsp3) is 0.304. The van der Waals surface area contributed by atoms with Gasteiger partial charge in [0.25, 0.3) is 5.69 Å². The molecule has 0 fully saturated rings. The molecule has 0 radical (unpaired) electrons. The Labute approximate surface area is 206 Å². The van der Waals surface area contributed by atoms with Gasteiger partial charge in [-0.3, -0.25) is 19.7 Å². The van der Waals surface area contributed by atoms with Gasteiger partial charge in [0.15, 0.2) is 11.0 Å². The lowest BCUT2D eigenvalue weighted by Crippen LogP contribution is -2.29. The molecule has 0 spiro atoms. The number of hydrogen-bond acceptors (Lipinski definition) is 8. The van der Waals surface area contributed by atoms with Gasteiger partial charge in [-0.25, -0.2) is 0 Å². The smallest absolute Gasteiger partial charge is 0.274 e. The maximum atomic E-state index is 12.4. The molecule has 0 saturated carbocycles. The zero-order valence-corrected chi connectivity index (χ0v) is 20.6. The number of nitro benzene ring substituents is 1. The lowest BCUT2D eigenvalue weighted by atomic mass is 10.1. The van der Waals surface area contributed by atoms with Gasteiger partial charge in [0.05, 0.1) is 30.2 Å². The number of benzene rings is 2. The van der Waals surface area contributed by atoms with Gasteiger partial charge in [-0.05, 0) is 37.6 Å². The minimum atomic E-state index is -0.488. The van der Waals surface area contributed by atoms with E-state index < -0.39 is 11.0 Å². The van der Waals surface area contributed by atoms with E-state index in [1.165, 1.54) is 17.8 Å². The molecule has 0 aliphatic rings. The molecular weight excluding hydrogens is 472 g/mol. The lowest BCUT2D eigenvalue weighted by Gasteiger charge is -2.14. The Hall–Kier alpha value is -3.93. The first kappa shape index (κ1) is 25.7. The third kappa shape index (κ3) is 6.79. The van der Waals surface area contributed by atoms with E-state index in [0.717, 1.165) is 11.3 Å². The van der Waals surface area contributed by atoms with E-state index in [1.807, 2.05) is 12.1 Å². The van der Waals surface area contributed by atoms with Crippen molar-refractivity contribution >= 4 is 35.0 Å². The van der Waals surface area contributed by atoms with Gasteiger partial charge < -0.3 is 19.9 Å². The van der Waals surface area contributed by atoms with E-state index in [2.05, 4.69) is 20.8 Å². The highest BCUT2D eigenvalue weighted by Gasteiger charge is 2.19. The summed E-state index contributed by atoms with van der Waals surface area (Å²) in [7, 11) is 3.34. The number of anilines is 1. The first-order valence-electron chi connectivity index (χ1n) is 10.7. The maximum Gasteiger partial charge on any atom is 0.274 e. The zero-order chi connectivity index (χ0) is 25.5. The van der Waals surface area contributed by atoms with Crippen molar-refractivity contribution in [3.05, 3.63) is 69.5 Å². The van der Waals surface area contributed by atoms with Crippen LogP contribution in [0.3, 0.4) is 0 Å². The Bertz CT molecular complexity index is 1230. The number of amides is 2. The van der Waals surface area contributed by atoms with Gasteiger partial charge in [0.2, 0.25) is 11.8 Å². The second-order valence-electron chi connectivity index (χ2n) is 7.81. The number of rotatable bonds is 10. The number of nitrogens with zero attached hydrogens (tertiary/aromatic N) is 4. The minimum absolute atomic E-state index is 0.0336. The average molecular weight is 499 g/mol. The van der Waals surface area contributed by atoms with Crippen LogP contribution in [-0.4, -0.2) is 44.4 Å². The number of ether oxygens (including phenoxy) is 1. The standard InChI is InChI=1S/C23H26N6O5S/c1-14-5-8-17(12-19(14)29(32)33)25-21(31)13-35-23-27-26-22(28(23)3)15(2)24-20(30)11-16-6-9-18(34-4)10-7-16/h5-10,12,15H,11,13H2,1-4H3,(H,24,30)(H,25,31). The van der Waals surface area contributed by atoms with Crippen LogP contribution in [0.5, 0.6) is 5.75 Å². The Morgan fingerprint density at radius 3 is 2.54 bits per heavy atom. The summed E-state index contributed by atoms with van der Waals surface area (Å²) in [4.78, 5) is 35.4. The van der Waals surface area contributed by atoms with Crippen molar-refractivity contribution in [2.75, 3.05) is 18.2 Å². The molecule has 35 heavy (non-hydrogen) atoms. The number of nitrogens with one attached hydrogen (secondary N) is 2. The third-order valence-electron chi connectivity index (χ3n) is 5.18. The molecule has 1 unspecified atom stereocenters. The molecule has 1 heterocycles. The molecule has 0 bridgehead atoms. The highest BCUT2D eigenvalue weighted by atomic mass is 32.2. The number of methoxy groups -OCH3 is 1. The monoisotopic (exact) mass is 498 g/mol. The summed E-state index contributed by atoms with van der Waals surface area (Å²) in [5, 5.41) is 25.4. The largest absolute Gasteiger partial charge is 0.497 e. The number of aryl methyl sites for hydroxylation is 1. The van der Waals surface area contributed by atoms with Crippen LogP contribution in [0, 0.1) is 17.0 Å². The molecule has 0 saturated heterocycles. The van der Waals surface area contributed by atoms with Crippen molar-refractivity contribution in [2.24, 2.45) is 7.05 Å². The molecule has 3 aromatic rings. The second kappa shape index (κ2) is 11.5. The Morgan fingerprint density at radius 1 is 1.17 bits per heavy atom. The van der Waals surface area contributed by atoms with Crippen molar-refractivity contribution < 1.29 is 19.2 Å². The van der Waals surface area contributed by atoms with Crippen molar-refractivity contribution in [2.45, 2.75) is 31.5 Å². The first-order chi connectivity index (χ1) is 16.7. The highest BCUT2D eigenvalue weighted by Crippen LogP contribution is 2.23. The summed E-state index contributed by atoms with van der Waals surface area (Å²) in [6.07, 6.45) is 0.213. The Morgan fingerprint density at radius 2 is 1.89 bits per heavy atom. The van der Waals surface area contributed by atoms with Gasteiger partial charge in [0.1, 0.15) is 5.75 Å². The number of carbonyl (C=O) groups excluding carboxylic acids is 2. The van der Waals surface area contributed by atoms with Crippen molar-refractivity contribution in [3.8, 4) is 5.75 Å². The summed E-state index contributed by atoms with van der Waals surface area (Å²) < 4.78 is 6.84. The molecule has 184 valence electrons. The number of hydrogen-bond donors (Lipinski definition) is 2. The van der Waals surface area contributed by atoms with Crippen LogP contribution >= 0.6 is 11.8 Å². The molecule has 2 aromatic carbocycles. The predicted octanol–water partition coefficient (Wildman–Crippen LogP) is 3.19. The van der Waals surface area contributed by atoms with Crippen LogP contribution in [0.15, 0.2) is 47.6 Å². The van der Waals surface area contributed by atoms with E-state index in [0.29, 0.717) is 22.2 Å². The van der Waals surface area contributed by atoms with Crippen LogP contribution in [0.2, 0.25) is 0 Å². The molecule has 11 nitrogen and oxygen atoms in total. The van der Waals surface area contributed by atoms with Crippen molar-refractivity contribution in [1.29, 1.82) is 0 Å². The van der Waals surface area contributed by atoms with E-state index in [9.17, 15) is 19.7 Å². The quantitative estimate of drug-likeness (QED) is 0.247. The zero-order valence-electron chi connectivity index (χ0n) is 19.8. The fourth-order valence-corrected chi connectivity index (χ4v) is 4.04. The van der Waals surface area contributed by atoms with Crippen LogP contribution < -0.4 is 15.4 Å². The highest BCUT2D eigenvalue weighted by molar-refractivity contribution is 7.99. The Kier molecular flexibility index (Phi) is 8.42. The van der Waals surface area contributed by atoms with Crippen LogP contribution in [0.4, 0.5) is 11.4 Å². The predicted molar refractivity (Wildman–Crippen MR) is 131 cm³/mol. The summed E-state index contributed by atoms with van der Waals surface area (Å²) in [5.41, 5.74) is 1.66. The van der Waals surface area contributed by atoms with Gasteiger partial charge in [-0.1, -0.05) is 30.0 Å². The van der Waals surface area contributed by atoms with E-state index in [-0.39, 0.29) is 29.7 Å². The second-order valence-corrected chi connectivity index (χ2v) is 8.75. The van der Waals surface area contributed by atoms with Gasteiger partial charge in [-0.2, -0.15) is 0 Å². The molecule has 0 aliphatic heterocycles. The molecule has 2 N–H and O–H groups in total. The summed E-state index contributed by atoms with van der Waals surface area (Å²) >= 11 is 1.17. The minimum Gasteiger partial charge on any atom is -0.497 e.